The van der Waals surface area contributed by atoms with Gasteiger partial charge < -0.3 is 9.64 Å². The van der Waals surface area contributed by atoms with Gasteiger partial charge in [0.1, 0.15) is 5.69 Å². The molecule has 1 rings (SSSR count). The number of halogens is 2. The van der Waals surface area contributed by atoms with E-state index in [1.54, 1.807) is 0 Å². The van der Waals surface area contributed by atoms with Gasteiger partial charge in [0.05, 0.1) is 24.1 Å². The first-order valence-corrected chi connectivity index (χ1v) is 5.23. The van der Waals surface area contributed by atoms with Gasteiger partial charge in [-0.2, -0.15) is 0 Å². The average molecular weight is 274 g/mol. The quantitative estimate of drug-likeness (QED) is 0.467. The molecule has 0 aliphatic heterocycles. The summed E-state index contributed by atoms with van der Waals surface area (Å²) in [7, 11) is 2.45. The number of rotatable bonds is 5. The van der Waals surface area contributed by atoms with Gasteiger partial charge in [-0.15, -0.1) is 0 Å². The molecule has 0 aromatic heterocycles. The largest absolute Gasteiger partial charge is 0.465 e. The molecule has 104 valence electrons. The van der Waals surface area contributed by atoms with E-state index in [0.717, 1.165) is 24.1 Å². The van der Waals surface area contributed by atoms with Gasteiger partial charge in [0, 0.05) is 13.1 Å². The Morgan fingerprint density at radius 1 is 1.53 bits per heavy atom. The molecule has 0 aliphatic rings. The second-order valence-corrected chi connectivity index (χ2v) is 3.72. The van der Waals surface area contributed by atoms with Crippen molar-refractivity contribution >= 4 is 17.3 Å². The standard InChI is InChI=1S/C11H12F2N2O4/c1-14(6-10(12)13)9-5-7(11(16)19-2)3-4-8(9)15(17)18/h3-5,10H,6H2,1-2H3. The number of anilines is 1. The van der Waals surface area contributed by atoms with Gasteiger partial charge in [-0.1, -0.05) is 0 Å². The van der Waals surface area contributed by atoms with Crippen LogP contribution >= 0.6 is 0 Å². The number of alkyl halides is 2. The van der Waals surface area contributed by atoms with E-state index >= 15 is 0 Å². The third kappa shape index (κ3) is 3.60. The Morgan fingerprint density at radius 2 is 2.16 bits per heavy atom. The normalized spacial score (nSPS) is 10.4. The lowest BCUT2D eigenvalue weighted by molar-refractivity contribution is -0.384. The van der Waals surface area contributed by atoms with E-state index in [4.69, 9.17) is 0 Å². The van der Waals surface area contributed by atoms with Crippen LogP contribution in [0.3, 0.4) is 0 Å². The number of carbonyl (C=O) groups is 1. The number of benzene rings is 1. The zero-order valence-electron chi connectivity index (χ0n) is 10.3. The maximum atomic E-state index is 12.3. The van der Waals surface area contributed by atoms with E-state index in [0.29, 0.717) is 0 Å². The lowest BCUT2D eigenvalue weighted by Crippen LogP contribution is -2.25. The molecule has 0 bridgehead atoms. The number of nitrogens with zero attached hydrogens (tertiary/aromatic N) is 2. The van der Waals surface area contributed by atoms with E-state index < -0.39 is 23.9 Å². The fourth-order valence-corrected chi connectivity index (χ4v) is 1.53. The van der Waals surface area contributed by atoms with Crippen molar-refractivity contribution in [3.05, 3.63) is 33.9 Å². The molecule has 0 saturated carbocycles. The third-order valence-corrected chi connectivity index (χ3v) is 2.42. The Morgan fingerprint density at radius 3 is 2.63 bits per heavy atom. The first-order chi connectivity index (χ1) is 8.86. The maximum Gasteiger partial charge on any atom is 0.337 e. The molecule has 0 atom stereocenters. The van der Waals surface area contributed by atoms with Crippen molar-refractivity contribution in [1.29, 1.82) is 0 Å². The second-order valence-electron chi connectivity index (χ2n) is 3.72. The highest BCUT2D eigenvalue weighted by atomic mass is 19.3. The van der Waals surface area contributed by atoms with Gasteiger partial charge in [0.25, 0.3) is 12.1 Å². The van der Waals surface area contributed by atoms with E-state index in [9.17, 15) is 23.7 Å². The molecule has 0 radical (unpaired) electrons. The fraction of sp³-hybridized carbons (Fsp3) is 0.364. The minimum Gasteiger partial charge on any atom is -0.465 e. The van der Waals surface area contributed by atoms with Crippen LogP contribution in [0.2, 0.25) is 0 Å². The molecule has 0 saturated heterocycles. The topological polar surface area (TPSA) is 72.7 Å². The van der Waals surface area contributed by atoms with E-state index in [1.165, 1.54) is 13.1 Å². The molecular formula is C11H12F2N2O4. The van der Waals surface area contributed by atoms with Crippen LogP contribution in [0.1, 0.15) is 10.4 Å². The lowest BCUT2D eigenvalue weighted by atomic mass is 10.1. The average Bonchev–Trinajstić information content (AvgIpc) is 2.36. The molecule has 0 amide bonds. The predicted octanol–water partition coefficient (Wildman–Crippen LogP) is 2.08. The molecule has 1 aromatic carbocycles. The minimum atomic E-state index is -2.65. The maximum absolute atomic E-state index is 12.3. The lowest BCUT2D eigenvalue weighted by Gasteiger charge is -2.19. The highest BCUT2D eigenvalue weighted by molar-refractivity contribution is 5.91. The van der Waals surface area contributed by atoms with E-state index in [2.05, 4.69) is 4.74 Å². The number of methoxy groups -OCH3 is 1. The summed E-state index contributed by atoms with van der Waals surface area (Å²) < 4.78 is 29.1. The van der Waals surface area contributed by atoms with E-state index in [-0.39, 0.29) is 16.9 Å². The fourth-order valence-electron chi connectivity index (χ4n) is 1.53. The number of nitro groups is 1. The van der Waals surface area contributed by atoms with Crippen LogP contribution in [0.25, 0.3) is 0 Å². The Kier molecular flexibility index (Phi) is 4.74. The molecule has 0 aliphatic carbocycles. The molecule has 1 aromatic rings. The van der Waals surface area contributed by atoms with Gasteiger partial charge >= 0.3 is 5.97 Å². The van der Waals surface area contributed by atoms with Gasteiger partial charge in [-0.05, 0) is 12.1 Å². The van der Waals surface area contributed by atoms with Crippen molar-refractivity contribution in [2.24, 2.45) is 0 Å². The van der Waals surface area contributed by atoms with Gasteiger partial charge in [-0.25, -0.2) is 13.6 Å². The molecule has 0 N–H and O–H groups in total. The van der Waals surface area contributed by atoms with Crippen LogP contribution in [0.15, 0.2) is 18.2 Å². The zero-order valence-corrected chi connectivity index (χ0v) is 10.3. The monoisotopic (exact) mass is 274 g/mol. The molecule has 0 spiro atoms. The molecular weight excluding hydrogens is 262 g/mol. The van der Waals surface area contributed by atoms with Gasteiger partial charge in [-0.3, -0.25) is 10.1 Å². The molecule has 0 heterocycles. The first kappa shape index (κ1) is 14.8. The Balaban J connectivity index is 3.22. The zero-order chi connectivity index (χ0) is 14.6. The van der Waals surface area contributed by atoms with Gasteiger partial charge in [0.15, 0.2) is 0 Å². The molecule has 8 heteroatoms. The van der Waals surface area contributed by atoms with Crippen LogP contribution in [-0.4, -0.2) is 38.0 Å². The smallest absolute Gasteiger partial charge is 0.337 e. The molecule has 6 nitrogen and oxygen atoms in total. The van der Waals surface area contributed by atoms with Crippen LogP contribution in [0, 0.1) is 10.1 Å². The number of carbonyl (C=O) groups excluding carboxylic acids is 1. The van der Waals surface area contributed by atoms with Crippen molar-refractivity contribution in [3.63, 3.8) is 0 Å². The summed E-state index contributed by atoms with van der Waals surface area (Å²) in [6, 6.07) is 3.46. The van der Waals surface area contributed by atoms with Crippen molar-refractivity contribution in [3.8, 4) is 0 Å². The second kappa shape index (κ2) is 6.07. The van der Waals surface area contributed by atoms with Crippen molar-refractivity contribution in [2.45, 2.75) is 6.43 Å². The Bertz CT molecular complexity index is 494. The highest BCUT2D eigenvalue weighted by Crippen LogP contribution is 2.29. The summed E-state index contributed by atoms with van der Waals surface area (Å²) in [5.74, 6) is -0.693. The van der Waals surface area contributed by atoms with Crippen LogP contribution < -0.4 is 4.90 Å². The number of hydrogen-bond donors (Lipinski definition) is 0. The Hall–Kier alpha value is -2.25. The van der Waals surface area contributed by atoms with Crippen molar-refractivity contribution < 1.29 is 23.2 Å². The molecule has 19 heavy (non-hydrogen) atoms. The number of nitro benzene ring substituents is 1. The molecule has 0 fully saturated rings. The third-order valence-electron chi connectivity index (χ3n) is 2.42. The predicted molar refractivity (Wildman–Crippen MR) is 63.7 cm³/mol. The summed E-state index contributed by atoms with van der Waals surface area (Å²) in [5, 5.41) is 10.8. The minimum absolute atomic E-state index is 0.0595. The molecule has 0 unspecified atom stereocenters. The highest BCUT2D eigenvalue weighted by Gasteiger charge is 2.21. The SMILES string of the molecule is COC(=O)c1ccc([N+](=O)[O-])c(N(C)CC(F)F)c1. The van der Waals surface area contributed by atoms with Crippen LogP contribution in [-0.2, 0) is 4.74 Å². The Labute approximate surface area is 107 Å². The summed E-state index contributed by atoms with van der Waals surface area (Å²) in [6.45, 7) is -0.675. The van der Waals surface area contributed by atoms with Crippen molar-refractivity contribution in [1.82, 2.24) is 0 Å². The first-order valence-electron chi connectivity index (χ1n) is 5.23. The number of hydrogen-bond acceptors (Lipinski definition) is 5. The van der Waals surface area contributed by atoms with Crippen molar-refractivity contribution in [2.75, 3.05) is 25.6 Å². The number of ether oxygens (including phenoxy) is 1. The van der Waals surface area contributed by atoms with Crippen LogP contribution in [0.5, 0.6) is 0 Å². The van der Waals surface area contributed by atoms with Gasteiger partial charge in [0.2, 0.25) is 0 Å². The van der Waals surface area contributed by atoms with E-state index in [1.807, 2.05) is 0 Å². The summed E-state index contributed by atoms with van der Waals surface area (Å²) >= 11 is 0. The van der Waals surface area contributed by atoms with Crippen LogP contribution in [0.4, 0.5) is 20.2 Å². The summed E-state index contributed by atoms with van der Waals surface area (Å²) in [4.78, 5) is 22.5. The summed E-state index contributed by atoms with van der Waals surface area (Å²) in [5.41, 5.74) is -0.354. The number of esters is 1. The summed E-state index contributed by atoms with van der Waals surface area (Å²) in [6.07, 6.45) is -2.65.